The third-order valence-corrected chi connectivity index (χ3v) is 6.49. The number of nitrogens with zero attached hydrogens (tertiary/aromatic N) is 2. The molecule has 0 aromatic carbocycles. The normalized spacial score (nSPS) is 23.7. The molecule has 1 amide bonds. The van der Waals surface area contributed by atoms with E-state index >= 15 is 0 Å². The molecule has 7 heteroatoms. The number of amides is 1. The molecule has 2 aliphatic heterocycles. The van der Waals surface area contributed by atoms with E-state index in [-0.39, 0.29) is 17.1 Å². The van der Waals surface area contributed by atoms with Crippen LogP contribution in [0.5, 0.6) is 0 Å². The van der Waals surface area contributed by atoms with E-state index in [9.17, 15) is 13.2 Å². The molecule has 116 valence electrons. The molecule has 2 fully saturated rings. The Kier molecular flexibility index (Phi) is 4.71. The van der Waals surface area contributed by atoms with Gasteiger partial charge >= 0.3 is 0 Å². The number of piperidine rings is 1. The lowest BCUT2D eigenvalue weighted by molar-refractivity contribution is -0.138. The Labute approximate surface area is 121 Å². The third-order valence-electron chi connectivity index (χ3n) is 4.60. The van der Waals surface area contributed by atoms with Gasteiger partial charge in [0.2, 0.25) is 15.9 Å². The van der Waals surface area contributed by atoms with E-state index < -0.39 is 10.0 Å². The van der Waals surface area contributed by atoms with Gasteiger partial charge in [-0.3, -0.25) is 4.79 Å². The Morgan fingerprint density at radius 3 is 2.35 bits per heavy atom. The van der Waals surface area contributed by atoms with Gasteiger partial charge in [0, 0.05) is 33.3 Å². The fourth-order valence-electron chi connectivity index (χ4n) is 3.15. The number of methoxy groups -OCH3 is 1. The van der Waals surface area contributed by atoms with Crippen LogP contribution in [-0.4, -0.2) is 69.2 Å². The van der Waals surface area contributed by atoms with Crippen molar-refractivity contribution in [2.24, 2.45) is 5.41 Å². The lowest BCUT2D eigenvalue weighted by atomic mass is 9.77. The number of carbonyl (C=O) groups excluding carboxylic acids is 1. The molecular weight excluding hydrogens is 280 g/mol. The molecule has 2 heterocycles. The summed E-state index contributed by atoms with van der Waals surface area (Å²) in [4.78, 5) is 14.4. The minimum absolute atomic E-state index is 0.133. The van der Waals surface area contributed by atoms with Crippen molar-refractivity contribution in [3.05, 3.63) is 0 Å². The second-order valence-electron chi connectivity index (χ2n) is 5.61. The highest BCUT2D eigenvalue weighted by atomic mass is 32.2. The molecular formula is C13H24N2O4S. The molecule has 2 saturated heterocycles. The van der Waals surface area contributed by atoms with Gasteiger partial charge in [-0.1, -0.05) is 0 Å². The van der Waals surface area contributed by atoms with Gasteiger partial charge in [-0.2, -0.15) is 0 Å². The van der Waals surface area contributed by atoms with Gasteiger partial charge in [-0.05, 0) is 26.2 Å². The number of hydrogen-bond acceptors (Lipinski definition) is 4. The van der Waals surface area contributed by atoms with Crippen molar-refractivity contribution >= 4 is 15.9 Å². The summed E-state index contributed by atoms with van der Waals surface area (Å²) in [7, 11) is -1.49. The van der Waals surface area contributed by atoms with Crippen LogP contribution in [0.4, 0.5) is 0 Å². The number of carbonyl (C=O) groups is 1. The third kappa shape index (κ3) is 2.84. The van der Waals surface area contributed by atoms with Crippen molar-refractivity contribution in [2.45, 2.75) is 26.2 Å². The van der Waals surface area contributed by atoms with E-state index in [4.69, 9.17) is 4.74 Å². The van der Waals surface area contributed by atoms with Gasteiger partial charge in [0.05, 0.1) is 17.8 Å². The van der Waals surface area contributed by atoms with E-state index in [2.05, 4.69) is 0 Å². The Balaban J connectivity index is 1.98. The Bertz CT molecular complexity index is 455. The van der Waals surface area contributed by atoms with Gasteiger partial charge in [-0.25, -0.2) is 12.7 Å². The maximum absolute atomic E-state index is 12.5. The molecule has 0 bridgehead atoms. The van der Waals surface area contributed by atoms with Crippen molar-refractivity contribution in [3.63, 3.8) is 0 Å². The molecule has 0 aliphatic carbocycles. The Morgan fingerprint density at radius 1 is 1.20 bits per heavy atom. The summed E-state index contributed by atoms with van der Waals surface area (Å²) in [6.45, 7) is 4.56. The summed E-state index contributed by atoms with van der Waals surface area (Å²) in [5, 5.41) is 0. The predicted molar refractivity (Wildman–Crippen MR) is 75.8 cm³/mol. The second-order valence-corrected chi connectivity index (χ2v) is 7.87. The minimum Gasteiger partial charge on any atom is -0.383 e. The van der Waals surface area contributed by atoms with Crippen molar-refractivity contribution in [1.29, 1.82) is 0 Å². The summed E-state index contributed by atoms with van der Waals surface area (Å²) in [6.07, 6.45) is 2.14. The first kappa shape index (κ1) is 15.7. The summed E-state index contributed by atoms with van der Waals surface area (Å²) in [5.74, 6) is 0.316. The first-order valence-electron chi connectivity index (χ1n) is 7.21. The van der Waals surface area contributed by atoms with Crippen LogP contribution in [0, 0.1) is 5.41 Å². The molecule has 0 radical (unpaired) electrons. The largest absolute Gasteiger partial charge is 0.383 e. The van der Waals surface area contributed by atoms with Gasteiger partial charge in [0.1, 0.15) is 0 Å². The average Bonchev–Trinajstić information content (AvgIpc) is 2.75. The predicted octanol–water partition coefficient (Wildman–Crippen LogP) is 0.297. The topological polar surface area (TPSA) is 66.9 Å². The fraction of sp³-hybridized carbons (Fsp3) is 0.923. The zero-order valence-corrected chi connectivity index (χ0v) is 13.1. The maximum atomic E-state index is 12.5. The van der Waals surface area contributed by atoms with E-state index in [1.807, 2.05) is 4.90 Å². The molecule has 20 heavy (non-hydrogen) atoms. The summed E-state index contributed by atoms with van der Waals surface area (Å²) in [5.41, 5.74) is -0.326. The monoisotopic (exact) mass is 304 g/mol. The van der Waals surface area contributed by atoms with Crippen LogP contribution in [-0.2, 0) is 19.6 Å². The van der Waals surface area contributed by atoms with E-state index in [1.54, 1.807) is 14.0 Å². The number of ether oxygens (including phenoxy) is 1. The smallest absolute Gasteiger partial charge is 0.229 e. The molecule has 0 saturated carbocycles. The summed E-state index contributed by atoms with van der Waals surface area (Å²) in [6, 6.07) is 0. The van der Waals surface area contributed by atoms with Gasteiger partial charge in [0.25, 0.3) is 0 Å². The first-order chi connectivity index (χ1) is 9.45. The van der Waals surface area contributed by atoms with Crippen molar-refractivity contribution in [2.75, 3.05) is 45.6 Å². The molecule has 0 atom stereocenters. The lowest BCUT2D eigenvalue weighted by Gasteiger charge is -2.37. The van der Waals surface area contributed by atoms with Crippen LogP contribution in [0.3, 0.4) is 0 Å². The quantitative estimate of drug-likeness (QED) is 0.732. The van der Waals surface area contributed by atoms with Crippen LogP contribution >= 0.6 is 0 Å². The van der Waals surface area contributed by atoms with Crippen molar-refractivity contribution in [3.8, 4) is 0 Å². The highest BCUT2D eigenvalue weighted by Gasteiger charge is 2.48. The summed E-state index contributed by atoms with van der Waals surface area (Å²) >= 11 is 0. The maximum Gasteiger partial charge on any atom is 0.229 e. The lowest BCUT2D eigenvalue weighted by Crippen LogP contribution is -2.47. The SMILES string of the molecule is CCS(=O)(=O)N1CCC2(CCN(CCOC)C2=O)CC1. The fourth-order valence-corrected chi connectivity index (χ4v) is 4.25. The molecule has 6 nitrogen and oxygen atoms in total. The molecule has 0 aromatic rings. The first-order valence-corrected chi connectivity index (χ1v) is 8.82. The summed E-state index contributed by atoms with van der Waals surface area (Å²) < 4.78 is 30.3. The van der Waals surface area contributed by atoms with Crippen molar-refractivity contribution < 1.29 is 17.9 Å². The van der Waals surface area contributed by atoms with Crippen LogP contribution in [0.1, 0.15) is 26.2 Å². The molecule has 2 rings (SSSR count). The van der Waals surface area contributed by atoms with Gasteiger partial charge in [-0.15, -0.1) is 0 Å². The van der Waals surface area contributed by atoms with Crippen LogP contribution in [0.15, 0.2) is 0 Å². The minimum atomic E-state index is -3.12. The molecule has 0 aromatic heterocycles. The van der Waals surface area contributed by atoms with Gasteiger partial charge in [0.15, 0.2) is 0 Å². The Morgan fingerprint density at radius 2 is 1.80 bits per heavy atom. The van der Waals surface area contributed by atoms with Crippen LogP contribution < -0.4 is 0 Å². The standard InChI is InChI=1S/C13H24N2O4S/c1-3-20(17,18)15-8-5-13(6-9-15)4-7-14(12(13)16)10-11-19-2/h3-11H2,1-2H3. The van der Waals surface area contributed by atoms with Crippen LogP contribution in [0.2, 0.25) is 0 Å². The van der Waals surface area contributed by atoms with Crippen molar-refractivity contribution in [1.82, 2.24) is 9.21 Å². The average molecular weight is 304 g/mol. The molecule has 1 spiro atoms. The second kappa shape index (κ2) is 5.99. The van der Waals surface area contributed by atoms with E-state index in [0.29, 0.717) is 39.1 Å². The number of likely N-dealkylation sites (tertiary alicyclic amines) is 1. The van der Waals surface area contributed by atoms with E-state index in [1.165, 1.54) is 4.31 Å². The zero-order chi connectivity index (χ0) is 14.8. The van der Waals surface area contributed by atoms with Crippen LogP contribution in [0.25, 0.3) is 0 Å². The Hall–Kier alpha value is -0.660. The molecule has 0 unspecified atom stereocenters. The molecule has 2 aliphatic rings. The number of rotatable bonds is 5. The highest BCUT2D eigenvalue weighted by Crippen LogP contribution is 2.41. The highest BCUT2D eigenvalue weighted by molar-refractivity contribution is 7.89. The van der Waals surface area contributed by atoms with E-state index in [0.717, 1.165) is 13.0 Å². The number of sulfonamides is 1. The number of hydrogen-bond donors (Lipinski definition) is 0. The molecule has 0 N–H and O–H groups in total. The van der Waals surface area contributed by atoms with Gasteiger partial charge < -0.3 is 9.64 Å². The zero-order valence-electron chi connectivity index (χ0n) is 12.3.